The maximum absolute atomic E-state index is 14.0. The Bertz CT molecular complexity index is 542. The monoisotopic (exact) mass is 478 g/mol. The van der Waals surface area contributed by atoms with Crippen molar-refractivity contribution < 1.29 is 4.79 Å². The highest BCUT2D eigenvalue weighted by Crippen LogP contribution is 2.46. The Hall–Kier alpha value is -0.305. The third-order valence-electron chi connectivity index (χ3n) is 8.52. The molecular formula is C31H64BNO. The van der Waals surface area contributed by atoms with Gasteiger partial charge in [-0.2, -0.15) is 0 Å². The van der Waals surface area contributed by atoms with Gasteiger partial charge in [-0.05, 0) is 31.1 Å². The lowest BCUT2D eigenvalue weighted by Crippen LogP contribution is -2.57. The highest BCUT2D eigenvalue weighted by molar-refractivity contribution is 6.65. The van der Waals surface area contributed by atoms with Crippen LogP contribution in [-0.2, 0) is 4.79 Å². The van der Waals surface area contributed by atoms with Crippen LogP contribution in [0.2, 0.25) is 11.6 Å². The molecule has 0 rings (SSSR count). The molecule has 0 amide bonds. The lowest BCUT2D eigenvalue weighted by atomic mass is 9.22. The molecule has 0 heterocycles. The lowest BCUT2D eigenvalue weighted by molar-refractivity contribution is -0.133. The molecule has 34 heavy (non-hydrogen) atoms. The second-order valence-corrected chi connectivity index (χ2v) is 13.4. The van der Waals surface area contributed by atoms with Gasteiger partial charge in [0.1, 0.15) is 5.78 Å². The molecule has 2 N–H and O–H groups in total. The molecule has 0 fully saturated rings. The Morgan fingerprint density at radius 3 is 1.65 bits per heavy atom. The number of hydrogen-bond donors (Lipinski definition) is 1. The third-order valence-corrected chi connectivity index (χ3v) is 8.52. The van der Waals surface area contributed by atoms with Crippen LogP contribution >= 0.6 is 0 Å². The van der Waals surface area contributed by atoms with Crippen LogP contribution in [-0.4, -0.2) is 17.9 Å². The number of rotatable bonds is 21. The first-order valence-corrected chi connectivity index (χ1v) is 15.1. The summed E-state index contributed by atoms with van der Waals surface area (Å²) in [5.74, 6) is 1.22. The molecule has 0 aromatic heterocycles. The van der Waals surface area contributed by atoms with E-state index >= 15 is 0 Å². The van der Waals surface area contributed by atoms with Crippen LogP contribution in [0.4, 0.5) is 0 Å². The summed E-state index contributed by atoms with van der Waals surface area (Å²) >= 11 is 0. The standard InChI is InChI=1S/C31H64BNO/c1-11-14-16-18-20-23-30(9,22-19-17-15-12-2)28(34)27(6)24-29(7,8)32(25-26(4)5)31(10,33)21-13-3/h26-27H,11-25,33H2,1-10H3. The SMILES string of the molecule is CCCCCCCC(C)(CCCCCC)C(=O)C(C)CC(C)(C)B(CC(C)C)C(C)(N)CCC. The fourth-order valence-corrected chi connectivity index (χ4v) is 6.72. The van der Waals surface area contributed by atoms with Crippen molar-refractivity contribution in [2.75, 3.05) is 0 Å². The molecule has 0 radical (unpaired) electrons. The first kappa shape index (κ1) is 33.7. The lowest BCUT2D eigenvalue weighted by Gasteiger charge is -2.45. The van der Waals surface area contributed by atoms with Crippen molar-refractivity contribution in [1.82, 2.24) is 0 Å². The smallest absolute Gasteiger partial charge is 0.169 e. The van der Waals surface area contributed by atoms with Crippen LogP contribution < -0.4 is 5.73 Å². The van der Waals surface area contributed by atoms with Crippen LogP contribution in [0.15, 0.2) is 0 Å². The van der Waals surface area contributed by atoms with E-state index < -0.39 is 0 Å². The maximum atomic E-state index is 14.0. The molecule has 0 aliphatic carbocycles. The minimum absolute atomic E-state index is 0.0439. The molecule has 0 spiro atoms. The zero-order valence-electron chi connectivity index (χ0n) is 25.3. The second kappa shape index (κ2) is 16.4. The molecule has 3 atom stereocenters. The predicted octanol–water partition coefficient (Wildman–Crippen LogP) is 9.91. The van der Waals surface area contributed by atoms with Crippen LogP contribution in [0, 0.1) is 17.3 Å². The average molecular weight is 478 g/mol. The molecule has 0 aliphatic rings. The molecule has 0 aromatic rings. The topological polar surface area (TPSA) is 43.1 Å². The largest absolute Gasteiger partial charge is 0.332 e. The minimum Gasteiger partial charge on any atom is -0.332 e. The van der Waals surface area contributed by atoms with E-state index in [-0.39, 0.29) is 22.1 Å². The number of nitrogens with two attached hydrogens (primary N) is 1. The van der Waals surface area contributed by atoms with Crippen LogP contribution in [0.25, 0.3) is 0 Å². The molecule has 202 valence electrons. The normalized spacial score (nSPS) is 16.8. The molecule has 0 aliphatic heterocycles. The Balaban J connectivity index is 5.54. The Labute approximate surface area is 216 Å². The summed E-state index contributed by atoms with van der Waals surface area (Å²) in [7, 11) is 0. The van der Waals surface area contributed by atoms with Crippen molar-refractivity contribution in [1.29, 1.82) is 0 Å². The van der Waals surface area contributed by atoms with Gasteiger partial charge in [-0.25, -0.2) is 0 Å². The van der Waals surface area contributed by atoms with Crippen molar-refractivity contribution in [2.24, 2.45) is 23.0 Å². The summed E-state index contributed by atoms with van der Waals surface area (Å²) in [6.45, 7) is 23.3. The van der Waals surface area contributed by atoms with E-state index in [1.807, 2.05) is 0 Å². The second-order valence-electron chi connectivity index (χ2n) is 13.4. The number of carbonyl (C=O) groups is 1. The fraction of sp³-hybridized carbons (Fsp3) is 0.968. The highest BCUT2D eigenvalue weighted by Gasteiger charge is 2.46. The van der Waals surface area contributed by atoms with Gasteiger partial charge in [0.05, 0.1) is 0 Å². The number of Topliss-reactive ketones (excluding diaryl/α,β-unsaturated/α-hetero) is 1. The molecule has 3 heteroatoms. The molecule has 0 bridgehead atoms. The molecule has 0 aromatic carbocycles. The summed E-state index contributed by atoms with van der Waals surface area (Å²) < 4.78 is 0. The molecule has 0 saturated heterocycles. The molecule has 3 unspecified atom stereocenters. The van der Waals surface area contributed by atoms with Gasteiger partial charge < -0.3 is 5.73 Å². The Morgan fingerprint density at radius 2 is 1.21 bits per heavy atom. The van der Waals surface area contributed by atoms with Gasteiger partial charge in [-0.3, -0.25) is 4.79 Å². The first-order chi connectivity index (χ1) is 15.8. The number of hydrogen-bond acceptors (Lipinski definition) is 2. The van der Waals surface area contributed by atoms with E-state index in [1.165, 1.54) is 57.8 Å². The molecular weight excluding hydrogens is 413 g/mol. The summed E-state index contributed by atoms with van der Waals surface area (Å²) in [4.78, 5) is 14.0. The minimum atomic E-state index is -0.186. The number of unbranched alkanes of at least 4 members (excludes halogenated alkanes) is 7. The number of ketones is 1. The zero-order valence-corrected chi connectivity index (χ0v) is 25.3. The summed E-state index contributed by atoms with van der Waals surface area (Å²) in [6.07, 6.45) is 17.7. The van der Waals surface area contributed by atoms with Crippen LogP contribution in [0.1, 0.15) is 159 Å². The van der Waals surface area contributed by atoms with Gasteiger partial charge in [0, 0.05) is 11.3 Å². The van der Waals surface area contributed by atoms with Crippen LogP contribution in [0.5, 0.6) is 0 Å². The van der Waals surface area contributed by atoms with Crippen molar-refractivity contribution in [2.45, 2.75) is 176 Å². The van der Waals surface area contributed by atoms with Crippen molar-refractivity contribution in [3.8, 4) is 0 Å². The zero-order chi connectivity index (χ0) is 26.4. The average Bonchev–Trinajstić information content (AvgIpc) is 2.73. The molecule has 2 nitrogen and oxygen atoms in total. The van der Waals surface area contributed by atoms with Gasteiger partial charge in [-0.15, -0.1) is 0 Å². The van der Waals surface area contributed by atoms with Crippen molar-refractivity contribution in [3.63, 3.8) is 0 Å². The summed E-state index contributed by atoms with van der Waals surface area (Å²) in [6, 6.07) is 0. The molecule has 0 saturated carbocycles. The number of carbonyl (C=O) groups excluding carboxylic acids is 1. The Morgan fingerprint density at radius 1 is 0.735 bits per heavy atom. The van der Waals surface area contributed by atoms with E-state index in [0.717, 1.165) is 38.4 Å². The van der Waals surface area contributed by atoms with E-state index in [1.54, 1.807) is 0 Å². The van der Waals surface area contributed by atoms with Gasteiger partial charge >= 0.3 is 0 Å². The quantitative estimate of drug-likeness (QED) is 0.132. The predicted molar refractivity (Wildman–Crippen MR) is 156 cm³/mol. The van der Waals surface area contributed by atoms with E-state index in [9.17, 15) is 4.79 Å². The van der Waals surface area contributed by atoms with E-state index in [0.29, 0.717) is 18.4 Å². The summed E-state index contributed by atoms with van der Waals surface area (Å²) in [5, 5.41) is 0.0439. The van der Waals surface area contributed by atoms with Gasteiger partial charge in [0.15, 0.2) is 6.71 Å². The van der Waals surface area contributed by atoms with E-state index in [2.05, 4.69) is 69.2 Å². The van der Waals surface area contributed by atoms with Gasteiger partial charge in [0.25, 0.3) is 0 Å². The highest BCUT2D eigenvalue weighted by atomic mass is 16.1. The van der Waals surface area contributed by atoms with E-state index in [4.69, 9.17) is 5.73 Å². The first-order valence-electron chi connectivity index (χ1n) is 15.1. The van der Waals surface area contributed by atoms with Gasteiger partial charge in [-0.1, -0.05) is 151 Å². The van der Waals surface area contributed by atoms with Crippen molar-refractivity contribution >= 4 is 12.5 Å². The third kappa shape index (κ3) is 12.1. The van der Waals surface area contributed by atoms with Crippen LogP contribution in [0.3, 0.4) is 0 Å². The van der Waals surface area contributed by atoms with Gasteiger partial charge in [0.2, 0.25) is 0 Å². The fourth-order valence-electron chi connectivity index (χ4n) is 6.72. The Kier molecular flexibility index (Phi) is 16.3. The summed E-state index contributed by atoms with van der Waals surface area (Å²) in [5.41, 5.74) is 6.60. The van der Waals surface area contributed by atoms with Crippen molar-refractivity contribution in [3.05, 3.63) is 0 Å². The maximum Gasteiger partial charge on any atom is 0.169 e.